The average Bonchev–Trinajstić information content (AvgIpc) is 3.40. The first-order valence-electron chi connectivity index (χ1n) is 8.55. The molecule has 0 aliphatic carbocycles. The van der Waals surface area contributed by atoms with Crippen molar-refractivity contribution >= 4 is 23.2 Å². The highest BCUT2D eigenvalue weighted by molar-refractivity contribution is 6.30. The van der Waals surface area contributed by atoms with Gasteiger partial charge in [-0.05, 0) is 36.4 Å². The Bertz CT molecular complexity index is 1080. The lowest BCUT2D eigenvalue weighted by Gasteiger charge is -2.05. The summed E-state index contributed by atoms with van der Waals surface area (Å²) in [7, 11) is 0. The van der Waals surface area contributed by atoms with E-state index in [0.29, 0.717) is 34.6 Å². The zero-order valence-corrected chi connectivity index (χ0v) is 15.4. The van der Waals surface area contributed by atoms with E-state index >= 15 is 0 Å². The van der Waals surface area contributed by atoms with Gasteiger partial charge in [-0.15, -0.1) is 0 Å². The van der Waals surface area contributed by atoms with E-state index in [9.17, 15) is 4.79 Å². The number of carbonyl (C=O) groups excluding carboxylic acids is 1. The number of nitrogens with zero attached hydrogens (tertiary/aromatic N) is 3. The summed E-state index contributed by atoms with van der Waals surface area (Å²) < 4.78 is 10.5. The van der Waals surface area contributed by atoms with Gasteiger partial charge < -0.3 is 14.3 Å². The van der Waals surface area contributed by atoms with Crippen LogP contribution in [0.4, 0.5) is 5.69 Å². The largest absolute Gasteiger partial charge is 0.441 e. The van der Waals surface area contributed by atoms with Gasteiger partial charge in [-0.3, -0.25) is 4.79 Å². The third-order valence-corrected chi connectivity index (χ3v) is 4.27. The van der Waals surface area contributed by atoms with Crippen LogP contribution in [0.1, 0.15) is 12.3 Å². The predicted octanol–water partition coefficient (Wildman–Crippen LogP) is 4.62. The summed E-state index contributed by atoms with van der Waals surface area (Å²) >= 11 is 5.89. The Morgan fingerprint density at radius 3 is 2.71 bits per heavy atom. The molecule has 0 radical (unpaired) electrons. The number of hydrogen-bond acceptors (Lipinski definition) is 6. The zero-order chi connectivity index (χ0) is 19.3. The van der Waals surface area contributed by atoms with Gasteiger partial charge in [0.25, 0.3) is 0 Å². The molecule has 4 rings (SSSR count). The van der Waals surface area contributed by atoms with Crippen LogP contribution < -0.4 is 5.32 Å². The Balaban J connectivity index is 1.35. The van der Waals surface area contributed by atoms with Gasteiger partial charge in [0.2, 0.25) is 18.1 Å². The average molecular weight is 395 g/mol. The maximum atomic E-state index is 12.3. The number of carbonyl (C=O) groups is 1. The van der Waals surface area contributed by atoms with Crippen molar-refractivity contribution < 1.29 is 13.7 Å². The van der Waals surface area contributed by atoms with Gasteiger partial charge in [0.1, 0.15) is 0 Å². The Labute approximate surface area is 165 Å². The summed E-state index contributed by atoms with van der Waals surface area (Å²) in [5, 5.41) is 7.29. The molecule has 7 nitrogen and oxygen atoms in total. The first kappa shape index (κ1) is 17.9. The molecule has 0 saturated heterocycles. The van der Waals surface area contributed by atoms with Crippen LogP contribution in [0.2, 0.25) is 5.02 Å². The Morgan fingerprint density at radius 1 is 1.07 bits per heavy atom. The highest BCUT2D eigenvalue weighted by atomic mass is 35.5. The fourth-order valence-corrected chi connectivity index (χ4v) is 2.78. The lowest BCUT2D eigenvalue weighted by atomic mass is 10.2. The number of benzene rings is 2. The van der Waals surface area contributed by atoms with Crippen molar-refractivity contribution in [2.24, 2.45) is 0 Å². The van der Waals surface area contributed by atoms with Crippen molar-refractivity contribution in [1.82, 2.24) is 15.1 Å². The summed E-state index contributed by atoms with van der Waals surface area (Å²) in [6, 6.07) is 14.5. The fourth-order valence-electron chi connectivity index (χ4n) is 2.65. The number of anilines is 1. The quantitative estimate of drug-likeness (QED) is 0.513. The standard InChI is InChI=1S/C20H15ClN4O3/c21-15-6-4-13(5-7-15)17-11-22-19(28-17)9-8-18(26)24-16-3-1-2-14(10-16)20-23-12-27-25-20/h1-7,10-12H,8-9H2,(H,24,26). The molecule has 28 heavy (non-hydrogen) atoms. The predicted molar refractivity (Wildman–Crippen MR) is 104 cm³/mol. The van der Waals surface area contributed by atoms with Crippen LogP contribution in [0.5, 0.6) is 0 Å². The van der Waals surface area contributed by atoms with Crippen LogP contribution in [-0.4, -0.2) is 21.0 Å². The summed E-state index contributed by atoms with van der Waals surface area (Å²) in [6.45, 7) is 0. The minimum atomic E-state index is -0.142. The third-order valence-electron chi connectivity index (χ3n) is 4.01. The van der Waals surface area contributed by atoms with E-state index in [4.69, 9.17) is 20.5 Å². The molecule has 0 saturated carbocycles. The number of rotatable bonds is 6. The topological polar surface area (TPSA) is 94.1 Å². The highest BCUT2D eigenvalue weighted by Gasteiger charge is 2.10. The van der Waals surface area contributed by atoms with E-state index in [1.807, 2.05) is 24.3 Å². The van der Waals surface area contributed by atoms with Crippen molar-refractivity contribution in [3.8, 4) is 22.7 Å². The number of halogens is 1. The first-order valence-corrected chi connectivity index (χ1v) is 8.92. The molecule has 0 fully saturated rings. The monoisotopic (exact) mass is 394 g/mol. The van der Waals surface area contributed by atoms with Gasteiger partial charge in [0, 0.05) is 34.7 Å². The van der Waals surface area contributed by atoms with Crippen LogP contribution in [-0.2, 0) is 11.2 Å². The fraction of sp³-hybridized carbons (Fsp3) is 0.100. The number of aromatic nitrogens is 3. The lowest BCUT2D eigenvalue weighted by molar-refractivity contribution is -0.116. The second kappa shape index (κ2) is 8.06. The molecule has 4 aromatic rings. The number of oxazole rings is 1. The van der Waals surface area contributed by atoms with Crippen molar-refractivity contribution in [1.29, 1.82) is 0 Å². The third kappa shape index (κ3) is 4.27. The van der Waals surface area contributed by atoms with E-state index in [0.717, 1.165) is 11.1 Å². The molecule has 0 unspecified atom stereocenters. The van der Waals surface area contributed by atoms with Gasteiger partial charge in [0.05, 0.1) is 6.20 Å². The van der Waals surface area contributed by atoms with Crippen molar-refractivity contribution in [3.63, 3.8) is 0 Å². The van der Waals surface area contributed by atoms with Gasteiger partial charge in [-0.1, -0.05) is 28.9 Å². The maximum absolute atomic E-state index is 12.3. The Kier molecular flexibility index (Phi) is 5.16. The summed E-state index contributed by atoms with van der Waals surface area (Å²) in [4.78, 5) is 20.5. The molecule has 2 aromatic carbocycles. The number of nitrogens with one attached hydrogen (secondary N) is 1. The first-order chi connectivity index (χ1) is 13.7. The van der Waals surface area contributed by atoms with Crippen LogP contribution in [0, 0.1) is 0 Å². The van der Waals surface area contributed by atoms with Crippen molar-refractivity contribution in [2.75, 3.05) is 5.32 Å². The van der Waals surface area contributed by atoms with Crippen molar-refractivity contribution in [2.45, 2.75) is 12.8 Å². The number of aryl methyl sites for hydroxylation is 1. The molecule has 8 heteroatoms. The maximum Gasteiger partial charge on any atom is 0.224 e. The van der Waals surface area contributed by atoms with Gasteiger partial charge in [-0.25, -0.2) is 4.98 Å². The molecule has 140 valence electrons. The van der Waals surface area contributed by atoms with E-state index < -0.39 is 0 Å². The molecule has 0 aliphatic rings. The normalized spacial score (nSPS) is 10.8. The molecular weight excluding hydrogens is 380 g/mol. The van der Waals surface area contributed by atoms with Crippen LogP contribution in [0.3, 0.4) is 0 Å². The molecule has 2 heterocycles. The minimum absolute atomic E-state index is 0.142. The molecule has 0 aliphatic heterocycles. The van der Waals surface area contributed by atoms with E-state index in [1.54, 1.807) is 30.5 Å². The summed E-state index contributed by atoms with van der Waals surface area (Å²) in [6.07, 6.45) is 3.54. The molecule has 1 N–H and O–H groups in total. The smallest absolute Gasteiger partial charge is 0.224 e. The number of amides is 1. The van der Waals surface area contributed by atoms with Gasteiger partial charge in [-0.2, -0.15) is 4.98 Å². The molecule has 0 spiro atoms. The summed E-state index contributed by atoms with van der Waals surface area (Å²) in [5.41, 5.74) is 2.29. The van der Waals surface area contributed by atoms with Crippen LogP contribution in [0.15, 0.2) is 70.1 Å². The van der Waals surface area contributed by atoms with E-state index in [-0.39, 0.29) is 12.3 Å². The van der Waals surface area contributed by atoms with E-state index in [2.05, 4.69) is 20.4 Å². The Hall–Kier alpha value is -3.45. The zero-order valence-electron chi connectivity index (χ0n) is 14.6. The summed E-state index contributed by atoms with van der Waals surface area (Å²) in [5.74, 6) is 1.46. The molecule has 0 bridgehead atoms. The van der Waals surface area contributed by atoms with Gasteiger partial charge >= 0.3 is 0 Å². The van der Waals surface area contributed by atoms with Crippen LogP contribution in [0.25, 0.3) is 22.7 Å². The SMILES string of the molecule is O=C(CCc1ncc(-c2ccc(Cl)cc2)o1)Nc1cccc(-c2ncon2)c1. The van der Waals surface area contributed by atoms with Gasteiger partial charge in [0.15, 0.2) is 11.7 Å². The Morgan fingerprint density at radius 2 is 1.93 bits per heavy atom. The second-order valence-corrected chi connectivity index (χ2v) is 6.45. The second-order valence-electron chi connectivity index (χ2n) is 6.01. The molecule has 2 aromatic heterocycles. The van der Waals surface area contributed by atoms with E-state index in [1.165, 1.54) is 6.39 Å². The van der Waals surface area contributed by atoms with Crippen LogP contribution >= 0.6 is 11.6 Å². The number of hydrogen-bond donors (Lipinski definition) is 1. The minimum Gasteiger partial charge on any atom is -0.441 e. The van der Waals surface area contributed by atoms with Crippen molar-refractivity contribution in [3.05, 3.63) is 72.0 Å². The lowest BCUT2D eigenvalue weighted by Crippen LogP contribution is -2.12. The molecule has 1 amide bonds. The highest BCUT2D eigenvalue weighted by Crippen LogP contribution is 2.23. The molecular formula is C20H15ClN4O3. The molecule has 0 atom stereocenters.